The number of hydrogen-bond acceptors (Lipinski definition) is 5. The highest BCUT2D eigenvalue weighted by Gasteiger charge is 2.13. The summed E-state index contributed by atoms with van der Waals surface area (Å²) in [4.78, 5) is 16.4. The van der Waals surface area contributed by atoms with E-state index in [-0.39, 0.29) is 11.3 Å². The topological polar surface area (TPSA) is 95.1 Å². The average Bonchev–Trinajstić information content (AvgIpc) is 2.83. The Morgan fingerprint density at radius 2 is 1.64 bits per heavy atom. The number of azo groups is 1. The van der Waals surface area contributed by atoms with Gasteiger partial charge in [0.25, 0.3) is 0 Å². The Labute approximate surface area is 197 Å². The number of carboxylic acid groups (broad SMARTS) is 1. The summed E-state index contributed by atoms with van der Waals surface area (Å²) in [5.41, 5.74) is 3.10. The smallest absolute Gasteiger partial charge is 0.336 e. The van der Waals surface area contributed by atoms with Gasteiger partial charge in [0.2, 0.25) is 0 Å². The predicted octanol–water partition coefficient (Wildman–Crippen LogP) is 7.64. The first kappa shape index (κ1) is 20.8. The van der Waals surface area contributed by atoms with Crippen molar-refractivity contribution < 1.29 is 15.0 Å². The summed E-state index contributed by atoms with van der Waals surface area (Å²) in [6, 6.07) is 25.2. The number of benzene rings is 4. The van der Waals surface area contributed by atoms with Crippen LogP contribution in [0.4, 0.5) is 11.4 Å². The van der Waals surface area contributed by atoms with Crippen molar-refractivity contribution in [1.29, 1.82) is 0 Å². The summed E-state index contributed by atoms with van der Waals surface area (Å²) in [5.74, 6) is -0.954. The minimum atomic E-state index is -1.01. The summed E-state index contributed by atoms with van der Waals surface area (Å²) in [5, 5.41) is 30.8. The van der Waals surface area contributed by atoms with Gasteiger partial charge in [-0.2, -0.15) is 5.11 Å². The van der Waals surface area contributed by atoms with Gasteiger partial charge in [-0.05, 0) is 47.9 Å². The number of nitrogens with zero attached hydrogens (tertiary/aromatic N) is 3. The summed E-state index contributed by atoms with van der Waals surface area (Å²) in [6.07, 6.45) is 0. The molecule has 0 atom stereocenters. The molecule has 0 unspecified atom stereocenters. The van der Waals surface area contributed by atoms with Gasteiger partial charge in [0, 0.05) is 20.8 Å². The maximum absolute atomic E-state index is 11.8. The zero-order valence-electron chi connectivity index (χ0n) is 17.1. The van der Waals surface area contributed by atoms with Crippen molar-refractivity contribution in [1.82, 2.24) is 4.98 Å². The SMILES string of the molecule is O=C(O)c1cc(-c2ccc(N=Nc3c(O)ccc4ccccc34)cc2)nc2ccc(Br)cc12. The molecular weight excluding hydrogens is 482 g/mol. The lowest BCUT2D eigenvalue weighted by Gasteiger charge is -2.08. The zero-order valence-corrected chi connectivity index (χ0v) is 18.7. The Morgan fingerprint density at radius 1 is 0.848 bits per heavy atom. The molecule has 0 amide bonds. The minimum Gasteiger partial charge on any atom is -0.506 e. The van der Waals surface area contributed by atoms with E-state index in [1.54, 1.807) is 36.4 Å². The third kappa shape index (κ3) is 4.06. The van der Waals surface area contributed by atoms with E-state index in [1.807, 2.05) is 48.5 Å². The lowest BCUT2D eigenvalue weighted by atomic mass is 10.0. The highest BCUT2D eigenvalue weighted by Crippen LogP contribution is 2.36. The molecule has 5 rings (SSSR count). The van der Waals surface area contributed by atoms with Crippen molar-refractivity contribution in [2.75, 3.05) is 0 Å². The number of carboxylic acids is 1. The molecule has 0 fully saturated rings. The molecule has 0 bridgehead atoms. The van der Waals surface area contributed by atoms with Crippen LogP contribution in [0, 0.1) is 0 Å². The van der Waals surface area contributed by atoms with Crippen LogP contribution in [-0.2, 0) is 0 Å². The molecule has 0 aliphatic rings. The van der Waals surface area contributed by atoms with Crippen LogP contribution in [-0.4, -0.2) is 21.2 Å². The number of fused-ring (bicyclic) bond motifs is 2. The molecule has 1 heterocycles. The Bertz CT molecular complexity index is 1560. The van der Waals surface area contributed by atoms with Gasteiger partial charge in [-0.1, -0.05) is 58.4 Å². The van der Waals surface area contributed by atoms with Crippen molar-refractivity contribution in [2.45, 2.75) is 0 Å². The third-order valence-corrected chi connectivity index (χ3v) is 5.80. The van der Waals surface area contributed by atoms with Crippen LogP contribution in [0.2, 0.25) is 0 Å². The maximum Gasteiger partial charge on any atom is 0.336 e. The molecule has 7 heteroatoms. The summed E-state index contributed by atoms with van der Waals surface area (Å²) in [6.45, 7) is 0. The van der Waals surface area contributed by atoms with Crippen LogP contribution in [0.15, 0.2) is 99.6 Å². The average molecular weight is 498 g/mol. The van der Waals surface area contributed by atoms with Crippen molar-refractivity contribution >= 4 is 54.9 Å². The molecule has 0 spiro atoms. The number of rotatable bonds is 4. The number of halogens is 1. The highest BCUT2D eigenvalue weighted by molar-refractivity contribution is 9.10. The fraction of sp³-hybridized carbons (Fsp3) is 0. The molecule has 1 aromatic heterocycles. The van der Waals surface area contributed by atoms with Gasteiger partial charge in [-0.25, -0.2) is 9.78 Å². The van der Waals surface area contributed by atoms with E-state index in [4.69, 9.17) is 0 Å². The second-order valence-corrected chi connectivity index (χ2v) is 8.34. The number of aromatic nitrogens is 1. The van der Waals surface area contributed by atoms with Crippen LogP contribution >= 0.6 is 15.9 Å². The number of pyridine rings is 1. The zero-order chi connectivity index (χ0) is 22.9. The van der Waals surface area contributed by atoms with Crippen molar-refractivity contribution in [2.24, 2.45) is 10.2 Å². The molecule has 6 nitrogen and oxygen atoms in total. The molecule has 0 aliphatic heterocycles. The predicted molar refractivity (Wildman–Crippen MR) is 132 cm³/mol. The van der Waals surface area contributed by atoms with E-state index >= 15 is 0 Å². The Morgan fingerprint density at radius 3 is 2.42 bits per heavy atom. The van der Waals surface area contributed by atoms with E-state index in [0.29, 0.717) is 28.0 Å². The largest absolute Gasteiger partial charge is 0.506 e. The van der Waals surface area contributed by atoms with Crippen molar-refractivity contribution in [3.8, 4) is 17.0 Å². The number of carbonyl (C=O) groups is 1. The standard InChI is InChI=1S/C26H16BrN3O3/c27-17-8-11-22-20(13-17)21(26(32)33)14-23(28-22)16-5-9-18(10-6-16)29-30-25-19-4-2-1-3-15(19)7-12-24(25)31/h1-14,31H,(H,32,33). The molecule has 0 saturated heterocycles. The number of phenols is 1. The molecular formula is C26H16BrN3O3. The summed E-state index contributed by atoms with van der Waals surface area (Å²) in [7, 11) is 0. The normalized spacial score (nSPS) is 11.4. The maximum atomic E-state index is 11.8. The van der Waals surface area contributed by atoms with Crippen LogP contribution < -0.4 is 0 Å². The van der Waals surface area contributed by atoms with Gasteiger partial charge >= 0.3 is 5.97 Å². The molecule has 0 saturated carbocycles. The number of hydrogen-bond donors (Lipinski definition) is 2. The lowest BCUT2D eigenvalue weighted by Crippen LogP contribution is -2.00. The highest BCUT2D eigenvalue weighted by atomic mass is 79.9. The fourth-order valence-electron chi connectivity index (χ4n) is 3.68. The Balaban J connectivity index is 1.50. The molecule has 160 valence electrons. The van der Waals surface area contributed by atoms with E-state index in [1.165, 1.54) is 0 Å². The first-order valence-electron chi connectivity index (χ1n) is 10.1. The van der Waals surface area contributed by atoms with E-state index in [0.717, 1.165) is 20.8 Å². The number of aromatic hydroxyl groups is 1. The first-order valence-corrected chi connectivity index (χ1v) is 10.9. The number of phenolic OH excluding ortho intramolecular Hbond substituents is 1. The Kier molecular flexibility index (Phi) is 5.32. The van der Waals surface area contributed by atoms with Crippen LogP contribution in [0.1, 0.15) is 10.4 Å². The van der Waals surface area contributed by atoms with E-state index in [2.05, 4.69) is 31.1 Å². The van der Waals surface area contributed by atoms with Crippen molar-refractivity contribution in [3.63, 3.8) is 0 Å². The van der Waals surface area contributed by atoms with Gasteiger partial charge in [0.05, 0.1) is 22.5 Å². The fourth-order valence-corrected chi connectivity index (χ4v) is 4.04. The molecule has 0 aliphatic carbocycles. The van der Waals surface area contributed by atoms with Gasteiger partial charge in [-0.15, -0.1) is 5.11 Å². The van der Waals surface area contributed by atoms with E-state index in [9.17, 15) is 15.0 Å². The monoisotopic (exact) mass is 497 g/mol. The Hall–Kier alpha value is -4.10. The molecule has 5 aromatic rings. The second-order valence-electron chi connectivity index (χ2n) is 7.42. The van der Waals surface area contributed by atoms with Crippen LogP contribution in [0.25, 0.3) is 32.9 Å². The lowest BCUT2D eigenvalue weighted by molar-refractivity contribution is 0.0699. The minimum absolute atomic E-state index is 0.0577. The second kappa shape index (κ2) is 8.44. The van der Waals surface area contributed by atoms with Crippen molar-refractivity contribution in [3.05, 3.63) is 95.0 Å². The van der Waals surface area contributed by atoms with E-state index < -0.39 is 5.97 Å². The molecule has 33 heavy (non-hydrogen) atoms. The number of aromatic carboxylic acids is 1. The molecule has 0 radical (unpaired) electrons. The van der Waals surface area contributed by atoms with Gasteiger partial charge in [0.15, 0.2) is 0 Å². The first-order chi connectivity index (χ1) is 16.0. The van der Waals surface area contributed by atoms with Gasteiger partial charge in [-0.3, -0.25) is 0 Å². The van der Waals surface area contributed by atoms with Crippen LogP contribution in [0.5, 0.6) is 5.75 Å². The third-order valence-electron chi connectivity index (χ3n) is 5.31. The van der Waals surface area contributed by atoms with Gasteiger partial charge < -0.3 is 10.2 Å². The quantitative estimate of drug-likeness (QED) is 0.249. The molecule has 4 aromatic carbocycles. The summed E-state index contributed by atoms with van der Waals surface area (Å²) < 4.78 is 0.791. The van der Waals surface area contributed by atoms with Crippen LogP contribution in [0.3, 0.4) is 0 Å². The summed E-state index contributed by atoms with van der Waals surface area (Å²) >= 11 is 3.38. The molecule has 2 N–H and O–H groups in total. The van der Waals surface area contributed by atoms with Gasteiger partial charge in [0.1, 0.15) is 11.4 Å².